The van der Waals surface area contributed by atoms with Gasteiger partial charge in [-0.2, -0.15) is 5.06 Å². The summed E-state index contributed by atoms with van der Waals surface area (Å²) in [5, 5.41) is 1.89. The first-order valence-corrected chi connectivity index (χ1v) is 4.39. The maximum absolute atomic E-state index is 5.64. The molecule has 0 rings (SSSR count). The second-order valence-electron chi connectivity index (χ2n) is 4.12. The van der Waals surface area contributed by atoms with Gasteiger partial charge in [0.2, 0.25) is 0 Å². The predicted octanol–water partition coefficient (Wildman–Crippen LogP) is 2.61. The van der Waals surface area contributed by atoms with Crippen LogP contribution < -0.4 is 0 Å². The molecule has 0 aromatic carbocycles. The summed E-state index contributed by atoms with van der Waals surface area (Å²) >= 11 is 0. The Morgan fingerprint density at radius 1 is 1.50 bits per heavy atom. The molecular formula is C10H21NO. The fourth-order valence-electron chi connectivity index (χ4n) is 0.912. The van der Waals surface area contributed by atoms with E-state index in [9.17, 15) is 0 Å². The molecule has 0 saturated carbocycles. The highest BCUT2D eigenvalue weighted by Gasteiger charge is 2.17. The number of hydrogen-bond acceptors (Lipinski definition) is 2. The summed E-state index contributed by atoms with van der Waals surface area (Å²) in [7, 11) is 1.96. The zero-order valence-corrected chi connectivity index (χ0v) is 8.92. The summed E-state index contributed by atoms with van der Waals surface area (Å²) < 4.78 is 0. The molecule has 0 aromatic rings. The van der Waals surface area contributed by atoms with Crippen LogP contribution in [-0.4, -0.2) is 23.8 Å². The first-order valence-electron chi connectivity index (χ1n) is 4.39. The topological polar surface area (TPSA) is 12.5 Å². The number of rotatable bonds is 4. The number of hydrogen-bond donors (Lipinski definition) is 0. The Kier molecular flexibility index (Phi) is 4.50. The fraction of sp³-hybridized carbons (Fsp3) is 0.800. The summed E-state index contributed by atoms with van der Waals surface area (Å²) in [5.74, 6) is 0. The third-order valence-corrected chi connectivity index (χ3v) is 1.55. The van der Waals surface area contributed by atoms with Crippen molar-refractivity contribution in [3.05, 3.63) is 12.7 Å². The van der Waals surface area contributed by atoms with Gasteiger partial charge in [0, 0.05) is 13.1 Å². The van der Waals surface area contributed by atoms with Crippen molar-refractivity contribution in [2.75, 3.05) is 7.05 Å². The van der Waals surface area contributed by atoms with E-state index in [4.69, 9.17) is 4.84 Å². The molecule has 0 radical (unpaired) electrons. The lowest BCUT2D eigenvalue weighted by molar-refractivity contribution is -0.231. The minimum atomic E-state index is -0.107. The van der Waals surface area contributed by atoms with E-state index in [-0.39, 0.29) is 5.60 Å². The van der Waals surface area contributed by atoms with Crippen LogP contribution in [0.4, 0.5) is 0 Å². The molecule has 12 heavy (non-hydrogen) atoms. The van der Waals surface area contributed by atoms with Gasteiger partial charge >= 0.3 is 0 Å². The minimum Gasteiger partial charge on any atom is -0.293 e. The van der Waals surface area contributed by atoms with Crippen LogP contribution in [0.3, 0.4) is 0 Å². The van der Waals surface area contributed by atoms with E-state index in [2.05, 4.69) is 13.5 Å². The molecule has 0 heterocycles. The van der Waals surface area contributed by atoms with Gasteiger partial charge in [0.05, 0.1) is 5.60 Å². The summed E-state index contributed by atoms with van der Waals surface area (Å²) in [6.45, 7) is 12.0. The van der Waals surface area contributed by atoms with Crippen LogP contribution in [0.2, 0.25) is 0 Å². The molecule has 0 N–H and O–H groups in total. The van der Waals surface area contributed by atoms with Gasteiger partial charge in [-0.05, 0) is 34.1 Å². The highest BCUT2D eigenvalue weighted by molar-refractivity contribution is 4.73. The van der Waals surface area contributed by atoms with E-state index >= 15 is 0 Å². The molecule has 0 aliphatic rings. The number of hydroxylamine groups is 2. The highest BCUT2D eigenvalue weighted by atomic mass is 16.7. The minimum absolute atomic E-state index is 0.107. The van der Waals surface area contributed by atoms with Crippen LogP contribution in [0.5, 0.6) is 0 Å². The zero-order chi connectivity index (χ0) is 9.78. The van der Waals surface area contributed by atoms with Gasteiger partial charge in [-0.25, -0.2) is 0 Å². The smallest absolute Gasteiger partial charge is 0.0815 e. The quantitative estimate of drug-likeness (QED) is 0.476. The van der Waals surface area contributed by atoms with Crippen LogP contribution in [0.15, 0.2) is 12.7 Å². The highest BCUT2D eigenvalue weighted by Crippen LogP contribution is 2.12. The van der Waals surface area contributed by atoms with E-state index in [1.165, 1.54) is 0 Å². The third kappa shape index (κ3) is 5.33. The van der Waals surface area contributed by atoms with E-state index in [0.717, 1.165) is 6.42 Å². The Balaban J connectivity index is 3.86. The zero-order valence-electron chi connectivity index (χ0n) is 8.92. The lowest BCUT2D eigenvalue weighted by Gasteiger charge is -2.30. The first-order chi connectivity index (χ1) is 5.37. The molecule has 0 unspecified atom stereocenters. The summed E-state index contributed by atoms with van der Waals surface area (Å²) in [4.78, 5) is 5.64. The molecule has 72 valence electrons. The van der Waals surface area contributed by atoms with E-state index in [1.807, 2.05) is 39.0 Å². The van der Waals surface area contributed by atoms with Crippen LogP contribution in [0.25, 0.3) is 0 Å². The largest absolute Gasteiger partial charge is 0.293 e. The second-order valence-corrected chi connectivity index (χ2v) is 4.12. The normalized spacial score (nSPS) is 14.8. The van der Waals surface area contributed by atoms with Gasteiger partial charge in [-0.3, -0.25) is 4.84 Å². The first kappa shape index (κ1) is 11.7. The molecule has 2 heteroatoms. The molecule has 1 atom stereocenters. The maximum Gasteiger partial charge on any atom is 0.0815 e. The third-order valence-electron chi connectivity index (χ3n) is 1.55. The van der Waals surface area contributed by atoms with Crippen molar-refractivity contribution in [1.29, 1.82) is 0 Å². The molecular weight excluding hydrogens is 150 g/mol. The van der Waals surface area contributed by atoms with Gasteiger partial charge in [0.15, 0.2) is 0 Å². The van der Waals surface area contributed by atoms with Gasteiger partial charge in [-0.1, -0.05) is 6.08 Å². The van der Waals surface area contributed by atoms with Gasteiger partial charge in [0.25, 0.3) is 0 Å². The van der Waals surface area contributed by atoms with Crippen molar-refractivity contribution >= 4 is 0 Å². The van der Waals surface area contributed by atoms with Crippen molar-refractivity contribution in [3.63, 3.8) is 0 Å². The molecule has 0 aromatic heterocycles. The van der Waals surface area contributed by atoms with E-state index in [1.54, 1.807) is 0 Å². The Hall–Kier alpha value is -0.340. The maximum atomic E-state index is 5.64. The van der Waals surface area contributed by atoms with Gasteiger partial charge in [0.1, 0.15) is 0 Å². The molecule has 0 fully saturated rings. The van der Waals surface area contributed by atoms with Gasteiger partial charge < -0.3 is 0 Å². The van der Waals surface area contributed by atoms with Crippen molar-refractivity contribution < 1.29 is 4.84 Å². The van der Waals surface area contributed by atoms with Gasteiger partial charge in [-0.15, -0.1) is 6.58 Å². The monoisotopic (exact) mass is 171 g/mol. The predicted molar refractivity (Wildman–Crippen MR) is 52.9 cm³/mol. The average molecular weight is 171 g/mol. The average Bonchev–Trinajstić information content (AvgIpc) is 1.84. The summed E-state index contributed by atoms with van der Waals surface area (Å²) in [6.07, 6.45) is 2.86. The van der Waals surface area contributed by atoms with Crippen molar-refractivity contribution in [2.45, 2.75) is 45.8 Å². The Bertz CT molecular complexity index is 137. The van der Waals surface area contributed by atoms with Crippen LogP contribution in [0, 0.1) is 0 Å². The fourth-order valence-corrected chi connectivity index (χ4v) is 0.912. The lowest BCUT2D eigenvalue weighted by atomic mass is 10.2. The molecule has 0 bridgehead atoms. The van der Waals surface area contributed by atoms with Crippen LogP contribution >= 0.6 is 0 Å². The SMILES string of the molecule is C=CC[C@H](C)N(C)OC(C)(C)C. The Labute approximate surface area is 76.2 Å². The standard InChI is InChI=1S/C10H21NO/c1-7-8-9(2)11(6)12-10(3,4)5/h7,9H,1,8H2,2-6H3/t9-/m0/s1. The van der Waals surface area contributed by atoms with Crippen molar-refractivity contribution in [2.24, 2.45) is 0 Å². The number of nitrogens with zero attached hydrogens (tertiary/aromatic N) is 1. The molecule has 0 aliphatic carbocycles. The van der Waals surface area contributed by atoms with Crippen LogP contribution in [0.1, 0.15) is 34.1 Å². The van der Waals surface area contributed by atoms with Crippen LogP contribution in [-0.2, 0) is 4.84 Å². The second kappa shape index (κ2) is 4.63. The molecule has 0 saturated heterocycles. The molecule has 0 amide bonds. The summed E-state index contributed by atoms with van der Waals surface area (Å²) in [5.41, 5.74) is -0.107. The van der Waals surface area contributed by atoms with Crippen molar-refractivity contribution in [1.82, 2.24) is 5.06 Å². The lowest BCUT2D eigenvalue weighted by Crippen LogP contribution is -2.36. The molecule has 0 aliphatic heterocycles. The Morgan fingerprint density at radius 3 is 2.33 bits per heavy atom. The molecule has 0 spiro atoms. The summed E-state index contributed by atoms with van der Waals surface area (Å²) in [6, 6.07) is 0.390. The molecule has 2 nitrogen and oxygen atoms in total. The Morgan fingerprint density at radius 2 is 2.00 bits per heavy atom. The van der Waals surface area contributed by atoms with Crippen molar-refractivity contribution in [3.8, 4) is 0 Å². The van der Waals surface area contributed by atoms with E-state index in [0.29, 0.717) is 6.04 Å². The van der Waals surface area contributed by atoms with E-state index < -0.39 is 0 Å².